The Bertz CT molecular complexity index is 412. The van der Waals surface area contributed by atoms with E-state index in [4.69, 9.17) is 4.74 Å². The van der Waals surface area contributed by atoms with Gasteiger partial charge in [-0.15, -0.1) is 0 Å². The fourth-order valence-corrected chi connectivity index (χ4v) is 3.38. The van der Waals surface area contributed by atoms with E-state index >= 15 is 0 Å². The van der Waals surface area contributed by atoms with Gasteiger partial charge in [-0.1, -0.05) is 0 Å². The van der Waals surface area contributed by atoms with E-state index in [1.807, 2.05) is 12.1 Å². The largest absolute Gasteiger partial charge is 0.495 e. The zero-order valence-electron chi connectivity index (χ0n) is 9.54. The van der Waals surface area contributed by atoms with Gasteiger partial charge in [-0.3, -0.25) is 0 Å². The number of aliphatic hydroxyl groups is 1. The van der Waals surface area contributed by atoms with Crippen molar-refractivity contribution in [2.45, 2.75) is 31.4 Å². The lowest BCUT2D eigenvalue weighted by Gasteiger charge is -2.19. The van der Waals surface area contributed by atoms with Crippen LogP contribution in [0.2, 0.25) is 0 Å². The van der Waals surface area contributed by atoms with E-state index in [1.165, 1.54) is 0 Å². The molecule has 1 aliphatic rings. The molecule has 0 amide bonds. The Balaban J connectivity index is 2.20. The smallest absolute Gasteiger partial charge is 0.135 e. The van der Waals surface area contributed by atoms with Crippen LogP contribution in [0.15, 0.2) is 21.1 Å². The summed E-state index contributed by atoms with van der Waals surface area (Å²) in [4.78, 5) is 0. The van der Waals surface area contributed by atoms with E-state index in [2.05, 4.69) is 37.2 Å². The molecule has 0 aromatic heterocycles. The maximum atomic E-state index is 9.80. The maximum Gasteiger partial charge on any atom is 0.135 e. The van der Waals surface area contributed by atoms with Crippen LogP contribution in [0.5, 0.6) is 5.75 Å². The number of methoxy groups -OCH3 is 1. The number of rotatable bonds is 3. The van der Waals surface area contributed by atoms with Gasteiger partial charge in [0, 0.05) is 10.5 Å². The maximum absolute atomic E-state index is 9.80. The second kappa shape index (κ2) is 5.59. The number of hydrogen-bond donors (Lipinski definition) is 2. The first kappa shape index (κ1) is 13.2. The lowest BCUT2D eigenvalue weighted by molar-refractivity contribution is 0.172. The summed E-state index contributed by atoms with van der Waals surface area (Å²) in [6.07, 6.45) is 2.70. The van der Waals surface area contributed by atoms with Crippen LogP contribution in [0.3, 0.4) is 0 Å². The van der Waals surface area contributed by atoms with Crippen LogP contribution in [0.4, 0.5) is 5.69 Å². The predicted octanol–water partition coefficient (Wildman–Crippen LogP) is 3.55. The number of benzene rings is 1. The molecule has 3 nitrogen and oxygen atoms in total. The first-order valence-electron chi connectivity index (χ1n) is 5.59. The highest BCUT2D eigenvalue weighted by molar-refractivity contribution is 9.11. The summed E-state index contributed by atoms with van der Waals surface area (Å²) in [7, 11) is 1.64. The highest BCUT2D eigenvalue weighted by Gasteiger charge is 2.25. The second-order valence-electron chi connectivity index (χ2n) is 4.22. The molecule has 0 bridgehead atoms. The van der Waals surface area contributed by atoms with Gasteiger partial charge in [0.1, 0.15) is 5.75 Å². The number of ether oxygens (including phenoxy) is 1. The SMILES string of the molecule is COc1cc(NC2CCCC2O)c(Br)cc1Br. The molecule has 94 valence electrons. The zero-order chi connectivity index (χ0) is 12.4. The minimum atomic E-state index is -0.253. The molecule has 2 atom stereocenters. The van der Waals surface area contributed by atoms with Crippen LogP contribution >= 0.6 is 31.9 Å². The summed E-state index contributed by atoms with van der Waals surface area (Å²) >= 11 is 6.94. The summed E-state index contributed by atoms with van der Waals surface area (Å²) in [5.74, 6) is 0.781. The zero-order valence-corrected chi connectivity index (χ0v) is 12.7. The van der Waals surface area contributed by atoms with Crippen molar-refractivity contribution in [2.75, 3.05) is 12.4 Å². The van der Waals surface area contributed by atoms with Crippen molar-refractivity contribution in [2.24, 2.45) is 0 Å². The Labute approximate surface area is 118 Å². The average Bonchev–Trinajstić information content (AvgIpc) is 2.68. The van der Waals surface area contributed by atoms with Gasteiger partial charge in [-0.05, 0) is 57.2 Å². The molecule has 1 saturated carbocycles. The Hall–Kier alpha value is -0.260. The summed E-state index contributed by atoms with van der Waals surface area (Å²) < 4.78 is 7.13. The van der Waals surface area contributed by atoms with Crippen molar-refractivity contribution in [3.05, 3.63) is 21.1 Å². The molecule has 0 aliphatic heterocycles. The van der Waals surface area contributed by atoms with Crippen molar-refractivity contribution in [1.82, 2.24) is 0 Å². The van der Waals surface area contributed by atoms with Gasteiger partial charge in [0.25, 0.3) is 0 Å². The van der Waals surface area contributed by atoms with E-state index in [1.54, 1.807) is 7.11 Å². The van der Waals surface area contributed by atoms with Crippen molar-refractivity contribution in [1.29, 1.82) is 0 Å². The van der Waals surface area contributed by atoms with Crippen LogP contribution in [0.25, 0.3) is 0 Å². The Morgan fingerprint density at radius 3 is 2.65 bits per heavy atom. The molecular weight excluding hydrogens is 350 g/mol. The highest BCUT2D eigenvalue weighted by atomic mass is 79.9. The molecule has 1 aromatic carbocycles. The molecule has 1 fully saturated rings. The second-order valence-corrected chi connectivity index (χ2v) is 5.92. The third-order valence-electron chi connectivity index (χ3n) is 3.06. The number of aliphatic hydroxyl groups excluding tert-OH is 1. The lowest BCUT2D eigenvalue weighted by Crippen LogP contribution is -2.28. The normalized spacial score (nSPS) is 23.8. The molecule has 2 unspecified atom stereocenters. The van der Waals surface area contributed by atoms with E-state index < -0.39 is 0 Å². The fourth-order valence-electron chi connectivity index (χ4n) is 2.10. The van der Waals surface area contributed by atoms with Gasteiger partial charge in [0.05, 0.1) is 29.4 Å². The molecular formula is C12H15Br2NO2. The molecule has 17 heavy (non-hydrogen) atoms. The number of hydrogen-bond acceptors (Lipinski definition) is 3. The molecule has 2 N–H and O–H groups in total. The standard InChI is InChI=1S/C12H15Br2NO2/c1-17-12-6-10(7(13)5-8(12)14)15-9-3-2-4-11(9)16/h5-6,9,11,15-16H,2-4H2,1H3. The van der Waals surface area contributed by atoms with E-state index in [0.29, 0.717) is 0 Å². The van der Waals surface area contributed by atoms with Crippen LogP contribution in [-0.2, 0) is 0 Å². The van der Waals surface area contributed by atoms with Crippen LogP contribution in [0.1, 0.15) is 19.3 Å². The third kappa shape index (κ3) is 2.95. The summed E-state index contributed by atoms with van der Waals surface area (Å²) in [6, 6.07) is 4.01. The Morgan fingerprint density at radius 2 is 2.06 bits per heavy atom. The van der Waals surface area contributed by atoms with Crippen molar-refractivity contribution in [3.63, 3.8) is 0 Å². The minimum Gasteiger partial charge on any atom is -0.495 e. The Morgan fingerprint density at radius 1 is 1.29 bits per heavy atom. The molecule has 0 radical (unpaired) electrons. The predicted molar refractivity (Wildman–Crippen MR) is 75.7 cm³/mol. The summed E-state index contributed by atoms with van der Waals surface area (Å²) in [6.45, 7) is 0. The summed E-state index contributed by atoms with van der Waals surface area (Å²) in [5.41, 5.74) is 0.955. The lowest BCUT2D eigenvalue weighted by atomic mass is 10.2. The minimum absolute atomic E-state index is 0.136. The fraction of sp³-hybridized carbons (Fsp3) is 0.500. The van der Waals surface area contributed by atoms with E-state index in [9.17, 15) is 5.11 Å². The van der Waals surface area contributed by atoms with Crippen LogP contribution in [0, 0.1) is 0 Å². The van der Waals surface area contributed by atoms with Gasteiger partial charge in [0.15, 0.2) is 0 Å². The molecule has 0 saturated heterocycles. The molecule has 1 aliphatic carbocycles. The molecule has 2 rings (SSSR count). The van der Waals surface area contributed by atoms with Gasteiger partial charge in [0.2, 0.25) is 0 Å². The molecule has 0 spiro atoms. The first-order chi connectivity index (χ1) is 8.11. The van der Waals surface area contributed by atoms with Crippen molar-refractivity contribution < 1.29 is 9.84 Å². The topological polar surface area (TPSA) is 41.5 Å². The van der Waals surface area contributed by atoms with Gasteiger partial charge in [-0.2, -0.15) is 0 Å². The quantitative estimate of drug-likeness (QED) is 0.861. The first-order valence-corrected chi connectivity index (χ1v) is 7.18. The van der Waals surface area contributed by atoms with Gasteiger partial charge >= 0.3 is 0 Å². The van der Waals surface area contributed by atoms with Gasteiger partial charge < -0.3 is 15.2 Å². The van der Waals surface area contributed by atoms with E-state index in [-0.39, 0.29) is 12.1 Å². The van der Waals surface area contributed by atoms with E-state index in [0.717, 1.165) is 39.6 Å². The number of halogens is 2. The van der Waals surface area contributed by atoms with Crippen molar-refractivity contribution in [3.8, 4) is 5.75 Å². The molecule has 0 heterocycles. The number of anilines is 1. The average molecular weight is 365 g/mol. The molecule has 1 aromatic rings. The highest BCUT2D eigenvalue weighted by Crippen LogP contribution is 2.36. The summed E-state index contributed by atoms with van der Waals surface area (Å²) in [5, 5.41) is 13.2. The van der Waals surface area contributed by atoms with Crippen LogP contribution < -0.4 is 10.1 Å². The third-order valence-corrected chi connectivity index (χ3v) is 4.34. The van der Waals surface area contributed by atoms with Crippen molar-refractivity contribution >= 4 is 37.5 Å². The van der Waals surface area contributed by atoms with Gasteiger partial charge in [-0.25, -0.2) is 0 Å². The molecule has 5 heteroatoms. The monoisotopic (exact) mass is 363 g/mol. The Kier molecular flexibility index (Phi) is 4.33. The van der Waals surface area contributed by atoms with Crippen LogP contribution in [-0.4, -0.2) is 24.4 Å². The number of nitrogens with one attached hydrogen (secondary N) is 1.